The van der Waals surface area contributed by atoms with Crippen LogP contribution in [0.2, 0.25) is 0 Å². The fraction of sp³-hybridized carbons (Fsp3) is 0.824. The molecule has 2 saturated heterocycles. The van der Waals surface area contributed by atoms with Crippen LogP contribution in [0, 0.1) is 11.3 Å². The summed E-state index contributed by atoms with van der Waals surface area (Å²) in [6.45, 7) is 6.88. The zero-order chi connectivity index (χ0) is 14.2. The number of ether oxygens (including phenoxy) is 2. The summed E-state index contributed by atoms with van der Waals surface area (Å²) in [5.74, 6) is 0.842. The Labute approximate surface area is 121 Å². The Balaban J connectivity index is 1.75. The van der Waals surface area contributed by atoms with E-state index in [0.717, 1.165) is 51.9 Å². The van der Waals surface area contributed by atoms with E-state index < -0.39 is 0 Å². The van der Waals surface area contributed by atoms with Gasteiger partial charge in [-0.05, 0) is 49.5 Å². The van der Waals surface area contributed by atoms with Gasteiger partial charge in [-0.15, -0.1) is 0 Å². The summed E-state index contributed by atoms with van der Waals surface area (Å²) in [5, 5.41) is 0. The lowest BCUT2D eigenvalue weighted by molar-refractivity contribution is -0.144. The Morgan fingerprint density at radius 2 is 1.90 bits per heavy atom. The van der Waals surface area contributed by atoms with Crippen molar-refractivity contribution in [1.82, 2.24) is 0 Å². The van der Waals surface area contributed by atoms with Crippen molar-refractivity contribution in [2.24, 2.45) is 11.3 Å². The van der Waals surface area contributed by atoms with E-state index in [1.165, 1.54) is 5.57 Å². The van der Waals surface area contributed by atoms with Crippen LogP contribution in [0.15, 0.2) is 11.6 Å². The molecular weight excluding hydrogens is 252 g/mol. The quantitative estimate of drug-likeness (QED) is 0.738. The Morgan fingerprint density at radius 3 is 2.60 bits per heavy atom. The molecule has 0 aromatic carbocycles. The Kier molecular flexibility index (Phi) is 3.76. The number of carbonyl (C=O) groups excluding carboxylic acids is 1. The van der Waals surface area contributed by atoms with Crippen molar-refractivity contribution < 1.29 is 14.3 Å². The molecule has 3 nitrogen and oxygen atoms in total. The third-order valence-corrected chi connectivity index (χ3v) is 5.10. The van der Waals surface area contributed by atoms with Gasteiger partial charge in [-0.1, -0.05) is 19.4 Å². The van der Waals surface area contributed by atoms with Crippen molar-refractivity contribution in [3.8, 4) is 0 Å². The first-order valence-corrected chi connectivity index (χ1v) is 7.93. The van der Waals surface area contributed by atoms with Gasteiger partial charge in [-0.25, -0.2) is 0 Å². The third kappa shape index (κ3) is 2.99. The smallest absolute Gasteiger partial charge is 0.156 e. The van der Waals surface area contributed by atoms with Crippen LogP contribution in [0.25, 0.3) is 0 Å². The summed E-state index contributed by atoms with van der Waals surface area (Å²) in [6, 6.07) is 0. The van der Waals surface area contributed by atoms with Crippen LogP contribution < -0.4 is 0 Å². The van der Waals surface area contributed by atoms with Crippen molar-refractivity contribution >= 4 is 5.78 Å². The Morgan fingerprint density at radius 1 is 1.15 bits per heavy atom. The van der Waals surface area contributed by atoms with E-state index in [-0.39, 0.29) is 11.0 Å². The summed E-state index contributed by atoms with van der Waals surface area (Å²) >= 11 is 0. The molecule has 20 heavy (non-hydrogen) atoms. The zero-order valence-electron chi connectivity index (χ0n) is 12.7. The van der Waals surface area contributed by atoms with E-state index in [0.29, 0.717) is 18.1 Å². The standard InChI is InChI=1S/C17H26O3/c1-16(2)10-14(9-15(18)12-16)13-3-6-20-17(11-13)4-7-19-8-5-17/h9,13H,3-8,10-12H2,1-2H3. The molecule has 0 N–H and O–H groups in total. The molecule has 2 aliphatic heterocycles. The minimum atomic E-state index is 0.0205. The van der Waals surface area contributed by atoms with Crippen LogP contribution in [0.5, 0.6) is 0 Å². The maximum absolute atomic E-state index is 12.0. The van der Waals surface area contributed by atoms with Crippen molar-refractivity contribution in [2.75, 3.05) is 19.8 Å². The summed E-state index contributed by atoms with van der Waals surface area (Å²) in [5.41, 5.74) is 1.52. The summed E-state index contributed by atoms with van der Waals surface area (Å²) in [7, 11) is 0. The van der Waals surface area contributed by atoms with Gasteiger partial charge < -0.3 is 9.47 Å². The molecule has 0 aromatic heterocycles. The first-order chi connectivity index (χ1) is 9.48. The number of rotatable bonds is 1. The molecule has 3 rings (SSSR count). The summed E-state index contributed by atoms with van der Waals surface area (Å²) < 4.78 is 11.6. The second kappa shape index (κ2) is 5.27. The number of allylic oxidation sites excluding steroid dienone is 2. The van der Waals surface area contributed by atoms with Gasteiger partial charge in [0.25, 0.3) is 0 Å². The first kappa shape index (κ1) is 14.3. The summed E-state index contributed by atoms with van der Waals surface area (Å²) in [6.07, 6.45) is 7.86. The Bertz CT molecular complexity index is 410. The van der Waals surface area contributed by atoms with Crippen LogP contribution in [0.3, 0.4) is 0 Å². The van der Waals surface area contributed by atoms with Crippen LogP contribution in [-0.4, -0.2) is 31.2 Å². The fourth-order valence-electron chi connectivity index (χ4n) is 4.09. The van der Waals surface area contributed by atoms with Crippen LogP contribution in [0.4, 0.5) is 0 Å². The molecule has 0 bridgehead atoms. The highest BCUT2D eigenvalue weighted by molar-refractivity contribution is 5.91. The number of hydrogen-bond acceptors (Lipinski definition) is 3. The molecule has 2 heterocycles. The maximum atomic E-state index is 12.0. The maximum Gasteiger partial charge on any atom is 0.156 e. The molecule has 1 spiro atoms. The molecule has 1 aliphatic carbocycles. The predicted molar refractivity (Wildman–Crippen MR) is 77.6 cm³/mol. The van der Waals surface area contributed by atoms with E-state index in [9.17, 15) is 4.79 Å². The lowest BCUT2D eigenvalue weighted by Crippen LogP contribution is -2.45. The van der Waals surface area contributed by atoms with Gasteiger partial charge >= 0.3 is 0 Å². The van der Waals surface area contributed by atoms with Crippen LogP contribution in [0.1, 0.15) is 52.4 Å². The zero-order valence-corrected chi connectivity index (χ0v) is 12.7. The molecule has 1 atom stereocenters. The molecule has 3 heteroatoms. The second-order valence-corrected chi connectivity index (χ2v) is 7.54. The van der Waals surface area contributed by atoms with Crippen molar-refractivity contribution in [1.29, 1.82) is 0 Å². The predicted octanol–water partition coefficient (Wildman–Crippen LogP) is 3.28. The highest BCUT2D eigenvalue weighted by atomic mass is 16.5. The lowest BCUT2D eigenvalue weighted by Gasteiger charge is -2.45. The molecule has 3 aliphatic rings. The Hall–Kier alpha value is -0.670. The SMILES string of the molecule is CC1(C)CC(=O)C=C(C2CCOC3(CCOCC3)C2)C1. The molecule has 0 radical (unpaired) electrons. The van der Waals surface area contributed by atoms with Gasteiger partial charge in [0.1, 0.15) is 0 Å². The van der Waals surface area contributed by atoms with Gasteiger partial charge in [-0.2, -0.15) is 0 Å². The molecule has 112 valence electrons. The van der Waals surface area contributed by atoms with Gasteiger partial charge in [0.05, 0.1) is 5.60 Å². The third-order valence-electron chi connectivity index (χ3n) is 5.10. The fourth-order valence-corrected chi connectivity index (χ4v) is 4.09. The van der Waals surface area contributed by atoms with Gasteiger partial charge in [0.15, 0.2) is 5.78 Å². The molecule has 0 saturated carbocycles. The van der Waals surface area contributed by atoms with Gasteiger partial charge in [0.2, 0.25) is 0 Å². The topological polar surface area (TPSA) is 35.5 Å². The average Bonchev–Trinajstić information content (AvgIpc) is 2.37. The van der Waals surface area contributed by atoms with Gasteiger partial charge in [-0.3, -0.25) is 4.79 Å². The number of hydrogen-bond donors (Lipinski definition) is 0. The molecule has 0 amide bonds. The molecular formula is C17H26O3. The first-order valence-electron chi connectivity index (χ1n) is 7.93. The van der Waals surface area contributed by atoms with Crippen LogP contribution in [-0.2, 0) is 14.3 Å². The highest BCUT2D eigenvalue weighted by Crippen LogP contribution is 2.44. The van der Waals surface area contributed by atoms with Gasteiger partial charge in [0, 0.05) is 26.2 Å². The molecule has 1 unspecified atom stereocenters. The van der Waals surface area contributed by atoms with E-state index in [1.807, 2.05) is 6.08 Å². The average molecular weight is 278 g/mol. The highest BCUT2D eigenvalue weighted by Gasteiger charge is 2.41. The van der Waals surface area contributed by atoms with E-state index in [1.54, 1.807) is 0 Å². The van der Waals surface area contributed by atoms with Crippen molar-refractivity contribution in [3.05, 3.63) is 11.6 Å². The minimum absolute atomic E-state index is 0.0205. The lowest BCUT2D eigenvalue weighted by atomic mass is 9.69. The van der Waals surface area contributed by atoms with Crippen molar-refractivity contribution in [3.63, 3.8) is 0 Å². The monoisotopic (exact) mass is 278 g/mol. The normalized spacial score (nSPS) is 33.0. The largest absolute Gasteiger partial charge is 0.381 e. The van der Waals surface area contributed by atoms with Crippen molar-refractivity contribution in [2.45, 2.75) is 58.0 Å². The number of ketones is 1. The second-order valence-electron chi connectivity index (χ2n) is 7.54. The minimum Gasteiger partial charge on any atom is -0.381 e. The molecule has 0 aromatic rings. The van der Waals surface area contributed by atoms with E-state index >= 15 is 0 Å². The van der Waals surface area contributed by atoms with E-state index in [2.05, 4.69) is 13.8 Å². The molecule has 2 fully saturated rings. The van der Waals surface area contributed by atoms with Crippen LogP contribution >= 0.6 is 0 Å². The van der Waals surface area contributed by atoms with E-state index in [4.69, 9.17) is 9.47 Å². The summed E-state index contributed by atoms with van der Waals surface area (Å²) in [4.78, 5) is 12.0. The number of carbonyl (C=O) groups is 1.